The molecule has 0 spiro atoms. The Labute approximate surface area is 247 Å². The molecule has 2 N–H and O–H groups in total. The van der Waals surface area contributed by atoms with Crippen LogP contribution in [-0.2, 0) is 16.0 Å². The molecule has 3 atom stereocenters. The lowest BCUT2D eigenvalue weighted by atomic mass is 10.0. The number of nitrogens with one attached hydrogen (secondary N) is 1. The zero-order valence-corrected chi connectivity index (χ0v) is 23.7. The summed E-state index contributed by atoms with van der Waals surface area (Å²) in [5, 5.41) is 23.7. The van der Waals surface area contributed by atoms with Crippen molar-refractivity contribution in [3.63, 3.8) is 0 Å². The van der Waals surface area contributed by atoms with E-state index in [4.69, 9.17) is 0 Å². The molecule has 0 radical (unpaired) electrons. The average molecular weight is 586 g/mol. The number of amides is 3. The Morgan fingerprint density at radius 2 is 1.72 bits per heavy atom. The molecule has 2 fully saturated rings. The number of benzene rings is 3. The third-order valence-electron chi connectivity index (χ3n) is 7.90. The number of ketones is 1. The molecule has 0 saturated carbocycles. The number of hydrogen-bond donors (Lipinski definition) is 2. The largest absolute Gasteiger partial charge is 0.508 e. The Kier molecular flexibility index (Phi) is 8.11. The fraction of sp³-hybridized carbons (Fsp3) is 0.290. The van der Waals surface area contributed by atoms with E-state index in [0.29, 0.717) is 17.5 Å². The molecule has 0 aromatic heterocycles. The number of phenolic OH excluding ortho intramolecular Hbond substituents is 1. The predicted octanol–water partition coefficient (Wildman–Crippen LogP) is 2.40. The highest BCUT2D eigenvalue weighted by Gasteiger charge is 2.52. The summed E-state index contributed by atoms with van der Waals surface area (Å²) >= 11 is 0. The van der Waals surface area contributed by atoms with E-state index in [0.717, 1.165) is 5.69 Å². The number of aromatic hydroxyl groups is 1. The van der Waals surface area contributed by atoms with Gasteiger partial charge in [0, 0.05) is 56.0 Å². The van der Waals surface area contributed by atoms with E-state index in [2.05, 4.69) is 5.32 Å². The van der Waals surface area contributed by atoms with E-state index in [1.807, 2.05) is 19.0 Å². The molecule has 2 unspecified atom stereocenters. The van der Waals surface area contributed by atoms with Gasteiger partial charge in [-0.2, -0.15) is 0 Å². The Hall–Kier alpha value is -5.26. The van der Waals surface area contributed by atoms with Gasteiger partial charge < -0.3 is 25.1 Å². The monoisotopic (exact) mass is 585 g/mol. The molecular formula is C31H31N5O7. The van der Waals surface area contributed by atoms with Crippen LogP contribution < -0.4 is 10.2 Å². The molecule has 12 nitrogen and oxygen atoms in total. The van der Waals surface area contributed by atoms with Gasteiger partial charge in [-0.25, -0.2) is 0 Å². The Balaban J connectivity index is 1.37. The summed E-state index contributed by atoms with van der Waals surface area (Å²) in [7, 11) is 3.76. The first-order valence-electron chi connectivity index (χ1n) is 13.8. The minimum Gasteiger partial charge on any atom is -0.508 e. The Morgan fingerprint density at radius 1 is 1.02 bits per heavy atom. The van der Waals surface area contributed by atoms with Gasteiger partial charge in [-0.1, -0.05) is 18.2 Å². The van der Waals surface area contributed by atoms with Gasteiger partial charge >= 0.3 is 0 Å². The van der Waals surface area contributed by atoms with E-state index in [9.17, 15) is 34.4 Å². The zero-order chi connectivity index (χ0) is 30.8. The molecule has 3 aromatic carbocycles. The van der Waals surface area contributed by atoms with Crippen LogP contribution in [0.1, 0.15) is 32.7 Å². The van der Waals surface area contributed by atoms with Crippen LogP contribution in [0.15, 0.2) is 72.8 Å². The summed E-state index contributed by atoms with van der Waals surface area (Å²) < 4.78 is 0. The second-order valence-corrected chi connectivity index (χ2v) is 10.9. The molecule has 12 heteroatoms. The van der Waals surface area contributed by atoms with Gasteiger partial charge in [0.2, 0.25) is 5.91 Å². The molecule has 222 valence electrons. The van der Waals surface area contributed by atoms with Crippen molar-refractivity contribution in [1.29, 1.82) is 0 Å². The summed E-state index contributed by atoms with van der Waals surface area (Å²) in [6.07, 6.45) is 0.452. The number of fused-ring (bicyclic) bond motifs is 1. The Bertz CT molecular complexity index is 1570. The SMILES string of the molecule is CN(C)c1ccc(C(=O)N[C@@H](Cc2ccc(O)cc2)C(=O)N2CCC3C2C(=O)CN3C(=O)c2cccc([N+](=O)[O-])c2)cc1. The Morgan fingerprint density at radius 3 is 2.37 bits per heavy atom. The average Bonchev–Trinajstić information content (AvgIpc) is 3.58. The van der Waals surface area contributed by atoms with Crippen LogP contribution >= 0.6 is 0 Å². The van der Waals surface area contributed by atoms with Crippen molar-refractivity contribution in [2.75, 3.05) is 32.1 Å². The summed E-state index contributed by atoms with van der Waals surface area (Å²) in [4.78, 5) is 69.1. The molecule has 5 rings (SSSR count). The third-order valence-corrected chi connectivity index (χ3v) is 7.90. The number of phenols is 1. The van der Waals surface area contributed by atoms with Crippen LogP contribution in [0.3, 0.4) is 0 Å². The molecule has 2 saturated heterocycles. The number of carbonyl (C=O) groups excluding carboxylic acids is 4. The fourth-order valence-corrected chi connectivity index (χ4v) is 5.68. The summed E-state index contributed by atoms with van der Waals surface area (Å²) in [6.45, 7) is -0.0358. The maximum atomic E-state index is 14.0. The summed E-state index contributed by atoms with van der Waals surface area (Å²) in [5.74, 6) is -1.70. The number of rotatable bonds is 8. The lowest BCUT2D eigenvalue weighted by Crippen LogP contribution is -2.53. The summed E-state index contributed by atoms with van der Waals surface area (Å²) in [6, 6.07) is 16.0. The van der Waals surface area contributed by atoms with Crippen LogP contribution in [-0.4, -0.2) is 88.6 Å². The van der Waals surface area contributed by atoms with Crippen LogP contribution in [0, 0.1) is 10.1 Å². The minimum absolute atomic E-state index is 0.0593. The van der Waals surface area contributed by atoms with Crippen LogP contribution in [0.2, 0.25) is 0 Å². The van der Waals surface area contributed by atoms with Crippen molar-refractivity contribution in [3.8, 4) is 5.75 Å². The van der Waals surface area contributed by atoms with Crippen LogP contribution in [0.5, 0.6) is 5.75 Å². The van der Waals surface area contributed by atoms with Gasteiger partial charge in [-0.15, -0.1) is 0 Å². The molecule has 2 heterocycles. The zero-order valence-electron chi connectivity index (χ0n) is 23.7. The van der Waals surface area contributed by atoms with Gasteiger partial charge in [0.25, 0.3) is 17.5 Å². The van der Waals surface area contributed by atoms with E-state index >= 15 is 0 Å². The number of non-ortho nitro benzene ring substituents is 1. The lowest BCUT2D eigenvalue weighted by molar-refractivity contribution is -0.384. The number of nitro benzene ring substituents is 1. The number of anilines is 1. The molecule has 2 aliphatic rings. The van der Waals surface area contributed by atoms with Crippen LogP contribution in [0.25, 0.3) is 0 Å². The van der Waals surface area contributed by atoms with Gasteiger partial charge in [0.05, 0.1) is 17.5 Å². The number of Topliss-reactive ketones (excluding diaryl/α,β-unsaturated/α-hetero) is 1. The lowest BCUT2D eigenvalue weighted by Gasteiger charge is -2.28. The first-order valence-corrected chi connectivity index (χ1v) is 13.8. The number of nitro groups is 1. The molecule has 0 aliphatic carbocycles. The molecule has 0 bridgehead atoms. The first-order chi connectivity index (χ1) is 20.5. The van der Waals surface area contributed by atoms with Crippen molar-refractivity contribution in [1.82, 2.24) is 15.1 Å². The fourth-order valence-electron chi connectivity index (χ4n) is 5.68. The second-order valence-electron chi connectivity index (χ2n) is 10.9. The molecule has 43 heavy (non-hydrogen) atoms. The normalized spacial score (nSPS) is 18.2. The summed E-state index contributed by atoms with van der Waals surface area (Å²) in [5.41, 5.74) is 1.81. The van der Waals surface area contributed by atoms with E-state index < -0.39 is 40.8 Å². The number of nitrogens with zero attached hydrogens (tertiary/aromatic N) is 4. The van der Waals surface area contributed by atoms with E-state index in [1.54, 1.807) is 36.4 Å². The standard InChI is InChI=1S/C31H31N5O7/c1-33(2)22-10-8-20(9-11-22)29(39)32-25(16-19-6-12-24(37)13-7-19)31(41)34-15-14-26-28(34)27(38)18-35(26)30(40)21-4-3-5-23(17-21)36(42)43/h3-13,17,25-26,28,37H,14-16,18H2,1-2H3,(H,32,39)/t25-,26?,28?/m0/s1. The molecule has 3 aromatic rings. The number of likely N-dealkylation sites (tertiary alicyclic amines) is 2. The van der Waals surface area contributed by atoms with E-state index in [-0.39, 0.29) is 42.3 Å². The van der Waals surface area contributed by atoms with Gasteiger partial charge in [0.1, 0.15) is 17.8 Å². The highest BCUT2D eigenvalue weighted by Crippen LogP contribution is 2.32. The first kappa shape index (κ1) is 29.2. The topological polar surface area (TPSA) is 153 Å². The second kappa shape index (κ2) is 11.9. The quantitative estimate of drug-likeness (QED) is 0.302. The maximum Gasteiger partial charge on any atom is 0.270 e. The van der Waals surface area contributed by atoms with Crippen molar-refractivity contribution in [2.24, 2.45) is 0 Å². The highest BCUT2D eigenvalue weighted by molar-refractivity contribution is 6.03. The number of carbonyl (C=O) groups is 4. The van der Waals surface area contributed by atoms with E-state index in [1.165, 1.54) is 46.2 Å². The van der Waals surface area contributed by atoms with Gasteiger partial charge in [0.15, 0.2) is 5.78 Å². The number of hydrogen-bond acceptors (Lipinski definition) is 8. The predicted molar refractivity (Wildman–Crippen MR) is 157 cm³/mol. The maximum absolute atomic E-state index is 14.0. The van der Waals surface area contributed by atoms with Gasteiger partial charge in [-0.05, 0) is 54.4 Å². The van der Waals surface area contributed by atoms with Gasteiger partial charge in [-0.3, -0.25) is 29.3 Å². The minimum atomic E-state index is -1.03. The smallest absolute Gasteiger partial charge is 0.270 e. The van der Waals surface area contributed by atoms with Crippen LogP contribution in [0.4, 0.5) is 11.4 Å². The molecule has 2 aliphatic heterocycles. The van der Waals surface area contributed by atoms with Crippen molar-refractivity contribution in [2.45, 2.75) is 31.0 Å². The molecule has 3 amide bonds. The van der Waals surface area contributed by atoms with Crippen molar-refractivity contribution in [3.05, 3.63) is 99.6 Å². The highest BCUT2D eigenvalue weighted by atomic mass is 16.6. The molecular weight excluding hydrogens is 554 g/mol. The van der Waals surface area contributed by atoms with Crippen molar-refractivity contribution < 1.29 is 29.2 Å². The third kappa shape index (κ3) is 6.03. The van der Waals surface area contributed by atoms with Crippen molar-refractivity contribution >= 4 is 34.9 Å².